The number of hydrogen-bond donors (Lipinski definition) is 2. The SMILES string of the molecule is NC(CC(=O)NCCC1CCCC1)c1ccccc1. The van der Waals surface area contributed by atoms with E-state index in [1.807, 2.05) is 30.3 Å². The number of rotatable bonds is 6. The second-order valence-corrected chi connectivity index (χ2v) is 5.51. The smallest absolute Gasteiger partial charge is 0.221 e. The third-order valence-corrected chi connectivity index (χ3v) is 3.98. The van der Waals surface area contributed by atoms with Gasteiger partial charge in [0.1, 0.15) is 0 Å². The number of amides is 1. The van der Waals surface area contributed by atoms with Gasteiger partial charge in [-0.25, -0.2) is 0 Å². The molecule has 1 aromatic rings. The molecule has 0 bridgehead atoms. The molecule has 0 saturated heterocycles. The maximum absolute atomic E-state index is 11.8. The van der Waals surface area contributed by atoms with Crippen molar-refractivity contribution in [1.82, 2.24) is 5.32 Å². The van der Waals surface area contributed by atoms with Crippen molar-refractivity contribution in [2.45, 2.75) is 44.6 Å². The van der Waals surface area contributed by atoms with Crippen molar-refractivity contribution in [3.05, 3.63) is 35.9 Å². The molecule has 1 aromatic carbocycles. The highest BCUT2D eigenvalue weighted by Gasteiger charge is 2.15. The van der Waals surface area contributed by atoms with Crippen LogP contribution in [0.25, 0.3) is 0 Å². The van der Waals surface area contributed by atoms with E-state index in [1.165, 1.54) is 25.7 Å². The number of hydrogen-bond acceptors (Lipinski definition) is 2. The molecule has 1 fully saturated rings. The van der Waals surface area contributed by atoms with Gasteiger partial charge in [-0.05, 0) is 17.9 Å². The van der Waals surface area contributed by atoms with E-state index < -0.39 is 0 Å². The summed E-state index contributed by atoms with van der Waals surface area (Å²) in [5.41, 5.74) is 7.05. The van der Waals surface area contributed by atoms with Gasteiger partial charge in [0.25, 0.3) is 0 Å². The van der Waals surface area contributed by atoms with E-state index >= 15 is 0 Å². The first kappa shape index (κ1) is 14.1. The van der Waals surface area contributed by atoms with Crippen LogP contribution in [0.4, 0.5) is 0 Å². The van der Waals surface area contributed by atoms with Crippen LogP contribution < -0.4 is 11.1 Å². The molecule has 1 unspecified atom stereocenters. The van der Waals surface area contributed by atoms with Gasteiger partial charge in [0.05, 0.1) is 0 Å². The van der Waals surface area contributed by atoms with Crippen LogP contribution in [0, 0.1) is 5.92 Å². The van der Waals surface area contributed by atoms with E-state index in [9.17, 15) is 4.79 Å². The van der Waals surface area contributed by atoms with Crippen LogP contribution in [-0.4, -0.2) is 12.5 Å². The molecule has 1 amide bonds. The van der Waals surface area contributed by atoms with Crippen LogP contribution in [0.15, 0.2) is 30.3 Å². The molecule has 104 valence electrons. The fourth-order valence-corrected chi connectivity index (χ4v) is 2.80. The summed E-state index contributed by atoms with van der Waals surface area (Å²) in [7, 11) is 0. The Balaban J connectivity index is 1.66. The van der Waals surface area contributed by atoms with Crippen molar-refractivity contribution in [3.8, 4) is 0 Å². The largest absolute Gasteiger partial charge is 0.356 e. The van der Waals surface area contributed by atoms with Crippen molar-refractivity contribution in [1.29, 1.82) is 0 Å². The van der Waals surface area contributed by atoms with Gasteiger partial charge in [-0.15, -0.1) is 0 Å². The van der Waals surface area contributed by atoms with Crippen LogP contribution in [0.3, 0.4) is 0 Å². The van der Waals surface area contributed by atoms with Gasteiger partial charge in [-0.3, -0.25) is 4.79 Å². The molecule has 3 nitrogen and oxygen atoms in total. The zero-order chi connectivity index (χ0) is 13.5. The molecule has 1 atom stereocenters. The van der Waals surface area contributed by atoms with Crippen molar-refractivity contribution in [2.24, 2.45) is 11.7 Å². The normalized spacial score (nSPS) is 17.3. The van der Waals surface area contributed by atoms with Gasteiger partial charge in [-0.2, -0.15) is 0 Å². The minimum Gasteiger partial charge on any atom is -0.356 e. The van der Waals surface area contributed by atoms with Crippen LogP contribution in [-0.2, 0) is 4.79 Å². The number of carbonyl (C=O) groups excluding carboxylic acids is 1. The van der Waals surface area contributed by atoms with E-state index in [2.05, 4.69) is 5.32 Å². The molecule has 19 heavy (non-hydrogen) atoms. The lowest BCUT2D eigenvalue weighted by Crippen LogP contribution is -2.29. The van der Waals surface area contributed by atoms with Crippen molar-refractivity contribution >= 4 is 5.91 Å². The summed E-state index contributed by atoms with van der Waals surface area (Å²) >= 11 is 0. The quantitative estimate of drug-likeness (QED) is 0.826. The summed E-state index contributed by atoms with van der Waals surface area (Å²) in [5, 5.41) is 2.99. The highest BCUT2D eigenvalue weighted by atomic mass is 16.1. The van der Waals surface area contributed by atoms with Crippen molar-refractivity contribution in [2.75, 3.05) is 6.54 Å². The molecule has 3 N–H and O–H groups in total. The Morgan fingerprint density at radius 2 is 1.95 bits per heavy atom. The predicted octanol–water partition coefficient (Wildman–Crippen LogP) is 2.77. The number of benzene rings is 1. The minimum atomic E-state index is -0.201. The Kier molecular flexibility index (Phi) is 5.40. The summed E-state index contributed by atoms with van der Waals surface area (Å²) in [6.07, 6.45) is 6.87. The zero-order valence-corrected chi connectivity index (χ0v) is 11.5. The third kappa shape index (κ3) is 4.67. The topological polar surface area (TPSA) is 55.1 Å². The molecule has 3 heteroatoms. The number of nitrogens with one attached hydrogen (secondary N) is 1. The number of nitrogens with two attached hydrogens (primary N) is 1. The second-order valence-electron chi connectivity index (χ2n) is 5.51. The first-order valence-corrected chi connectivity index (χ1v) is 7.33. The first-order chi connectivity index (χ1) is 9.25. The Labute approximate surface area is 115 Å². The van der Waals surface area contributed by atoms with E-state index in [0.29, 0.717) is 6.42 Å². The van der Waals surface area contributed by atoms with E-state index in [4.69, 9.17) is 5.73 Å². The highest BCUT2D eigenvalue weighted by Crippen LogP contribution is 2.26. The van der Waals surface area contributed by atoms with Gasteiger partial charge in [0.2, 0.25) is 5.91 Å². The standard InChI is InChI=1S/C16H24N2O/c17-15(14-8-2-1-3-9-14)12-16(19)18-11-10-13-6-4-5-7-13/h1-3,8-9,13,15H,4-7,10-12,17H2,(H,18,19). The number of carbonyl (C=O) groups is 1. The maximum atomic E-state index is 11.8. The lowest BCUT2D eigenvalue weighted by Gasteiger charge is -2.13. The predicted molar refractivity (Wildman–Crippen MR) is 77.6 cm³/mol. The molecule has 0 aromatic heterocycles. The van der Waals surface area contributed by atoms with Crippen LogP contribution in [0.2, 0.25) is 0 Å². The molecular weight excluding hydrogens is 236 g/mol. The lowest BCUT2D eigenvalue weighted by atomic mass is 10.0. The Morgan fingerprint density at radius 3 is 2.63 bits per heavy atom. The van der Waals surface area contributed by atoms with Crippen LogP contribution in [0.5, 0.6) is 0 Å². The minimum absolute atomic E-state index is 0.0642. The van der Waals surface area contributed by atoms with Crippen molar-refractivity contribution in [3.63, 3.8) is 0 Å². The highest BCUT2D eigenvalue weighted by molar-refractivity contribution is 5.76. The Hall–Kier alpha value is -1.35. The Bertz CT molecular complexity index is 385. The second kappa shape index (κ2) is 7.29. The molecule has 0 aliphatic heterocycles. The third-order valence-electron chi connectivity index (χ3n) is 3.98. The summed E-state index contributed by atoms with van der Waals surface area (Å²) in [6.45, 7) is 0.797. The molecule has 1 aliphatic rings. The molecule has 1 saturated carbocycles. The van der Waals surface area contributed by atoms with Crippen LogP contribution >= 0.6 is 0 Å². The van der Waals surface area contributed by atoms with E-state index in [-0.39, 0.29) is 11.9 Å². The fourth-order valence-electron chi connectivity index (χ4n) is 2.80. The summed E-state index contributed by atoms with van der Waals surface area (Å²) in [6, 6.07) is 9.60. The fraction of sp³-hybridized carbons (Fsp3) is 0.562. The lowest BCUT2D eigenvalue weighted by molar-refractivity contribution is -0.121. The first-order valence-electron chi connectivity index (χ1n) is 7.33. The van der Waals surface area contributed by atoms with E-state index in [1.54, 1.807) is 0 Å². The summed E-state index contributed by atoms with van der Waals surface area (Å²) < 4.78 is 0. The van der Waals surface area contributed by atoms with E-state index in [0.717, 1.165) is 24.4 Å². The summed E-state index contributed by atoms with van der Waals surface area (Å²) in [5.74, 6) is 0.887. The van der Waals surface area contributed by atoms with Gasteiger partial charge >= 0.3 is 0 Å². The van der Waals surface area contributed by atoms with Gasteiger partial charge in [0, 0.05) is 19.0 Å². The Morgan fingerprint density at radius 1 is 1.26 bits per heavy atom. The average Bonchev–Trinajstić information content (AvgIpc) is 2.93. The molecule has 0 spiro atoms. The monoisotopic (exact) mass is 260 g/mol. The summed E-state index contributed by atoms with van der Waals surface area (Å²) in [4.78, 5) is 11.8. The van der Waals surface area contributed by atoms with Gasteiger partial charge < -0.3 is 11.1 Å². The van der Waals surface area contributed by atoms with Gasteiger partial charge in [0.15, 0.2) is 0 Å². The average molecular weight is 260 g/mol. The maximum Gasteiger partial charge on any atom is 0.221 e. The van der Waals surface area contributed by atoms with Crippen LogP contribution in [0.1, 0.15) is 50.1 Å². The molecule has 0 radical (unpaired) electrons. The molecule has 0 heterocycles. The molecular formula is C16H24N2O. The van der Waals surface area contributed by atoms with Crippen molar-refractivity contribution < 1.29 is 4.79 Å². The molecule has 2 rings (SSSR count). The molecule has 1 aliphatic carbocycles. The zero-order valence-electron chi connectivity index (χ0n) is 11.5. The van der Waals surface area contributed by atoms with Gasteiger partial charge in [-0.1, -0.05) is 56.0 Å².